The van der Waals surface area contributed by atoms with E-state index in [-0.39, 0.29) is 5.56 Å². The zero-order valence-electron chi connectivity index (χ0n) is 14.2. The van der Waals surface area contributed by atoms with Crippen LogP contribution in [0.15, 0.2) is 42.6 Å². The molecule has 1 N–H and O–H groups in total. The van der Waals surface area contributed by atoms with Crippen LogP contribution in [0.3, 0.4) is 0 Å². The number of rotatable bonds is 3. The third kappa shape index (κ3) is 2.80. The largest absolute Gasteiger partial charge is 0.478 e. The van der Waals surface area contributed by atoms with Crippen molar-refractivity contribution in [3.05, 3.63) is 48.2 Å². The molecule has 3 aromatic rings. The van der Waals surface area contributed by atoms with E-state index in [1.807, 2.05) is 24.3 Å². The molecule has 2 heterocycles. The summed E-state index contributed by atoms with van der Waals surface area (Å²) in [6.45, 7) is 2.30. The summed E-state index contributed by atoms with van der Waals surface area (Å²) in [7, 11) is 0. The number of carboxylic acid groups (broad SMARTS) is 1. The van der Waals surface area contributed by atoms with Gasteiger partial charge in [0.1, 0.15) is 5.69 Å². The molecule has 1 saturated carbocycles. The first-order chi connectivity index (χ1) is 12.1. The maximum absolute atomic E-state index is 11.3. The van der Waals surface area contributed by atoms with Gasteiger partial charge in [-0.25, -0.2) is 9.78 Å². The van der Waals surface area contributed by atoms with Crippen LogP contribution in [0.5, 0.6) is 0 Å². The molecule has 0 bridgehead atoms. The Labute approximate surface area is 146 Å². The Morgan fingerprint density at radius 2 is 2.04 bits per heavy atom. The monoisotopic (exact) mass is 335 g/mol. The van der Waals surface area contributed by atoms with Crippen LogP contribution < -0.4 is 0 Å². The van der Waals surface area contributed by atoms with Crippen molar-refractivity contribution in [2.24, 2.45) is 5.92 Å². The average Bonchev–Trinajstić information content (AvgIpc) is 3.01. The van der Waals surface area contributed by atoms with Crippen LogP contribution in [0.2, 0.25) is 0 Å². The van der Waals surface area contributed by atoms with Crippen LogP contribution in [-0.2, 0) is 0 Å². The van der Waals surface area contributed by atoms with E-state index in [2.05, 4.69) is 16.5 Å². The second-order valence-electron chi connectivity index (χ2n) is 6.86. The molecule has 2 aromatic heterocycles. The molecule has 0 saturated heterocycles. The minimum Gasteiger partial charge on any atom is -0.478 e. The highest BCUT2D eigenvalue weighted by molar-refractivity contribution is 5.93. The lowest BCUT2D eigenvalue weighted by molar-refractivity contribution is 0.0697. The Hall–Kier alpha value is -2.69. The van der Waals surface area contributed by atoms with E-state index in [1.165, 1.54) is 19.3 Å². The van der Waals surface area contributed by atoms with E-state index in [4.69, 9.17) is 4.98 Å². The van der Waals surface area contributed by atoms with Gasteiger partial charge in [-0.05, 0) is 49.1 Å². The Morgan fingerprint density at radius 1 is 1.20 bits per heavy atom. The van der Waals surface area contributed by atoms with Crippen LogP contribution in [0, 0.1) is 5.92 Å². The minimum absolute atomic E-state index is 0.265. The topological polar surface area (TPSA) is 68.0 Å². The Bertz CT molecular complexity index is 917. The molecule has 0 amide bonds. The van der Waals surface area contributed by atoms with Crippen molar-refractivity contribution in [2.45, 2.75) is 38.6 Å². The zero-order chi connectivity index (χ0) is 17.4. The molecule has 0 aliphatic heterocycles. The second-order valence-corrected chi connectivity index (χ2v) is 6.86. The Balaban J connectivity index is 1.95. The summed E-state index contributed by atoms with van der Waals surface area (Å²) >= 11 is 0. The molecular formula is C20H21N3O2. The highest BCUT2D eigenvalue weighted by atomic mass is 16.4. The van der Waals surface area contributed by atoms with E-state index in [0.717, 1.165) is 29.0 Å². The van der Waals surface area contributed by atoms with Crippen molar-refractivity contribution in [1.29, 1.82) is 0 Å². The highest BCUT2D eigenvalue weighted by Crippen LogP contribution is 2.38. The number of benzene rings is 1. The number of carbonyl (C=O) groups is 1. The van der Waals surface area contributed by atoms with Gasteiger partial charge in [0.25, 0.3) is 0 Å². The van der Waals surface area contributed by atoms with Crippen LogP contribution >= 0.6 is 0 Å². The lowest BCUT2D eigenvalue weighted by Crippen LogP contribution is -2.22. The van der Waals surface area contributed by atoms with Gasteiger partial charge in [0, 0.05) is 12.2 Å². The first kappa shape index (κ1) is 15.8. The highest BCUT2D eigenvalue weighted by Gasteiger charge is 2.28. The maximum atomic E-state index is 11.3. The smallest absolute Gasteiger partial charge is 0.335 e. The van der Waals surface area contributed by atoms with Gasteiger partial charge in [-0.1, -0.05) is 25.8 Å². The molecule has 1 aliphatic carbocycles. The van der Waals surface area contributed by atoms with Gasteiger partial charge in [-0.2, -0.15) is 0 Å². The van der Waals surface area contributed by atoms with E-state index >= 15 is 0 Å². The second kappa shape index (κ2) is 6.31. The number of nitrogens with zero attached hydrogens (tertiary/aromatic N) is 3. The average molecular weight is 335 g/mol. The lowest BCUT2D eigenvalue weighted by atomic mass is 9.85. The fourth-order valence-electron chi connectivity index (χ4n) is 3.92. The standard InChI is InChI=1S/C20H21N3O2/c1-13-6-2-3-8-17(13)23-18-10-9-14(20(24)25)12-16(18)22-19(23)15-7-4-5-11-21-15/h4-5,7,9-13,17H,2-3,6,8H2,1H3,(H,24,25). The molecule has 1 fully saturated rings. The number of hydrogen-bond acceptors (Lipinski definition) is 3. The number of pyridine rings is 1. The van der Waals surface area contributed by atoms with Gasteiger partial charge < -0.3 is 9.67 Å². The summed E-state index contributed by atoms with van der Waals surface area (Å²) in [6, 6.07) is 11.4. The fraction of sp³-hybridized carbons (Fsp3) is 0.350. The summed E-state index contributed by atoms with van der Waals surface area (Å²) in [6.07, 6.45) is 6.58. The lowest BCUT2D eigenvalue weighted by Gasteiger charge is -2.31. The normalized spacial score (nSPS) is 20.7. The van der Waals surface area contributed by atoms with E-state index < -0.39 is 5.97 Å². The van der Waals surface area contributed by atoms with Gasteiger partial charge in [0.15, 0.2) is 5.82 Å². The predicted octanol–water partition coefficient (Wildman–Crippen LogP) is 4.55. The summed E-state index contributed by atoms with van der Waals surface area (Å²) in [4.78, 5) is 20.6. The van der Waals surface area contributed by atoms with Crippen LogP contribution in [-0.4, -0.2) is 25.6 Å². The molecule has 5 nitrogen and oxygen atoms in total. The number of fused-ring (bicyclic) bond motifs is 1. The van der Waals surface area contributed by atoms with Gasteiger partial charge in [0.05, 0.1) is 16.6 Å². The van der Waals surface area contributed by atoms with Crippen molar-refractivity contribution >= 4 is 17.0 Å². The van der Waals surface area contributed by atoms with E-state index in [1.54, 1.807) is 18.3 Å². The quantitative estimate of drug-likeness (QED) is 0.762. The summed E-state index contributed by atoms with van der Waals surface area (Å²) in [5.74, 6) is 0.464. The third-order valence-electron chi connectivity index (χ3n) is 5.23. The Morgan fingerprint density at radius 3 is 2.76 bits per heavy atom. The number of imidazole rings is 1. The first-order valence-corrected chi connectivity index (χ1v) is 8.82. The summed E-state index contributed by atoms with van der Waals surface area (Å²) in [5, 5.41) is 9.28. The fourth-order valence-corrected chi connectivity index (χ4v) is 3.92. The van der Waals surface area contributed by atoms with Crippen molar-refractivity contribution in [2.75, 3.05) is 0 Å². The van der Waals surface area contributed by atoms with Gasteiger partial charge >= 0.3 is 5.97 Å². The molecule has 128 valence electrons. The van der Waals surface area contributed by atoms with Crippen LogP contribution in [0.4, 0.5) is 0 Å². The van der Waals surface area contributed by atoms with E-state index in [9.17, 15) is 9.90 Å². The molecule has 1 aromatic carbocycles. The Kier molecular flexibility index (Phi) is 3.99. The van der Waals surface area contributed by atoms with Gasteiger partial charge in [-0.15, -0.1) is 0 Å². The van der Waals surface area contributed by atoms with Crippen molar-refractivity contribution in [3.8, 4) is 11.5 Å². The van der Waals surface area contributed by atoms with Crippen molar-refractivity contribution < 1.29 is 9.90 Å². The maximum Gasteiger partial charge on any atom is 0.335 e. The molecule has 0 radical (unpaired) electrons. The SMILES string of the molecule is CC1CCCCC1n1c(-c2ccccn2)nc2cc(C(=O)O)ccc21. The van der Waals surface area contributed by atoms with Gasteiger partial charge in [0.2, 0.25) is 0 Å². The molecule has 1 aliphatic rings. The van der Waals surface area contributed by atoms with E-state index in [0.29, 0.717) is 12.0 Å². The minimum atomic E-state index is -0.929. The molecule has 2 unspecified atom stereocenters. The third-order valence-corrected chi connectivity index (χ3v) is 5.23. The number of aromatic nitrogens is 3. The molecule has 0 spiro atoms. The van der Waals surface area contributed by atoms with Crippen LogP contribution in [0.1, 0.15) is 49.0 Å². The van der Waals surface area contributed by atoms with Crippen molar-refractivity contribution in [3.63, 3.8) is 0 Å². The molecule has 2 atom stereocenters. The summed E-state index contributed by atoms with van der Waals surface area (Å²) in [5.41, 5.74) is 2.80. The molecule has 25 heavy (non-hydrogen) atoms. The predicted molar refractivity (Wildman–Crippen MR) is 96.6 cm³/mol. The molecular weight excluding hydrogens is 314 g/mol. The molecule has 5 heteroatoms. The van der Waals surface area contributed by atoms with Crippen LogP contribution in [0.25, 0.3) is 22.6 Å². The van der Waals surface area contributed by atoms with Gasteiger partial charge in [-0.3, -0.25) is 4.98 Å². The number of hydrogen-bond donors (Lipinski definition) is 1. The first-order valence-electron chi connectivity index (χ1n) is 8.82. The number of carboxylic acids is 1. The van der Waals surface area contributed by atoms with Crippen molar-refractivity contribution in [1.82, 2.24) is 14.5 Å². The summed E-state index contributed by atoms with van der Waals surface area (Å²) < 4.78 is 2.28. The zero-order valence-corrected chi connectivity index (χ0v) is 14.2. The molecule has 4 rings (SSSR count). The number of aromatic carboxylic acids is 1.